The van der Waals surface area contributed by atoms with Gasteiger partial charge < -0.3 is 28.8 Å². The van der Waals surface area contributed by atoms with E-state index in [0.717, 1.165) is 83.5 Å². The van der Waals surface area contributed by atoms with Gasteiger partial charge in [-0.2, -0.15) is 0 Å². The van der Waals surface area contributed by atoms with Crippen molar-refractivity contribution in [3.8, 4) is 0 Å². The lowest BCUT2D eigenvalue weighted by atomic mass is 10.0. The van der Waals surface area contributed by atoms with Crippen LogP contribution in [-0.4, -0.2) is 68.5 Å². The van der Waals surface area contributed by atoms with Crippen LogP contribution < -0.4 is 10.2 Å². The fourth-order valence-electron chi connectivity index (χ4n) is 8.02. The van der Waals surface area contributed by atoms with E-state index in [1.807, 2.05) is 27.2 Å². The number of nitrogens with zero attached hydrogens (tertiary/aromatic N) is 1. The summed E-state index contributed by atoms with van der Waals surface area (Å²) in [5.74, 6) is -0.231. The fourth-order valence-corrected chi connectivity index (χ4v) is 8.74. The zero-order valence-electron chi connectivity index (χ0n) is 46.6. The number of amides is 1. The molecule has 0 aromatic carbocycles. The Hall–Kier alpha value is -2.58. The maximum atomic E-state index is 13.0. The van der Waals surface area contributed by atoms with Gasteiger partial charge >= 0.3 is 0 Å². The summed E-state index contributed by atoms with van der Waals surface area (Å²) in [6.45, 7) is 4.52. The largest absolute Gasteiger partial charge is 0.756 e. The molecule has 0 aromatic rings. The van der Waals surface area contributed by atoms with Gasteiger partial charge in [0, 0.05) is 6.42 Å². The summed E-state index contributed by atoms with van der Waals surface area (Å²) in [5.41, 5.74) is 0. The Labute approximate surface area is 439 Å². The summed E-state index contributed by atoms with van der Waals surface area (Å²) in [6, 6.07) is -0.912. The molecule has 2 N–H and O–H groups in total. The molecule has 0 heterocycles. The van der Waals surface area contributed by atoms with Gasteiger partial charge in [0.05, 0.1) is 39.9 Å². The highest BCUT2D eigenvalue weighted by Crippen LogP contribution is 2.38. The highest BCUT2D eigenvalue weighted by atomic mass is 31.2. The molecule has 0 radical (unpaired) electrons. The van der Waals surface area contributed by atoms with E-state index >= 15 is 0 Å². The number of hydrogen-bond donors (Lipinski definition) is 2. The average Bonchev–Trinajstić information content (AvgIpc) is 3.33. The van der Waals surface area contributed by atoms with Crippen molar-refractivity contribution in [2.75, 3.05) is 40.9 Å². The Morgan fingerprint density at radius 2 is 0.859 bits per heavy atom. The van der Waals surface area contributed by atoms with E-state index in [2.05, 4.69) is 104 Å². The molecule has 0 bridgehead atoms. The Morgan fingerprint density at radius 3 is 1.25 bits per heavy atom. The maximum absolute atomic E-state index is 13.0. The van der Waals surface area contributed by atoms with Crippen molar-refractivity contribution in [2.24, 2.45) is 0 Å². The molecule has 0 aromatic heterocycles. The van der Waals surface area contributed by atoms with E-state index in [4.69, 9.17) is 9.05 Å². The van der Waals surface area contributed by atoms with Gasteiger partial charge in [0.25, 0.3) is 7.82 Å². The van der Waals surface area contributed by atoms with Crippen LogP contribution in [0.5, 0.6) is 0 Å². The molecule has 0 saturated heterocycles. The number of carbonyl (C=O) groups excluding carboxylic acids is 1. The minimum atomic E-state index is -4.62. The number of hydrogen-bond acceptors (Lipinski definition) is 6. The Kier molecular flexibility index (Phi) is 50.4. The molecule has 8 nitrogen and oxygen atoms in total. The van der Waals surface area contributed by atoms with Gasteiger partial charge in [0.2, 0.25) is 5.91 Å². The van der Waals surface area contributed by atoms with Crippen LogP contribution in [0.25, 0.3) is 0 Å². The summed E-state index contributed by atoms with van der Waals surface area (Å²) < 4.78 is 23.3. The number of unbranched alkanes of at least 4 members (excludes halogenated alkanes) is 25. The fraction of sp³-hybridized carbons (Fsp3) is 0.726. The second-order valence-corrected chi connectivity index (χ2v) is 22.0. The molecule has 3 atom stereocenters. The summed E-state index contributed by atoms with van der Waals surface area (Å²) in [7, 11) is 1.23. The van der Waals surface area contributed by atoms with Crippen LogP contribution in [0.1, 0.15) is 239 Å². The third-order valence-corrected chi connectivity index (χ3v) is 13.5. The number of rotatable bonds is 52. The van der Waals surface area contributed by atoms with Gasteiger partial charge in [-0.1, -0.05) is 252 Å². The molecule has 0 aliphatic heterocycles. The van der Waals surface area contributed by atoms with Gasteiger partial charge in [-0.3, -0.25) is 9.36 Å². The molecule has 0 aliphatic carbocycles. The summed E-state index contributed by atoms with van der Waals surface area (Å²) >= 11 is 0. The molecule has 9 heteroatoms. The quantitative estimate of drug-likeness (QED) is 0.0272. The van der Waals surface area contributed by atoms with Crippen LogP contribution in [0.2, 0.25) is 0 Å². The summed E-state index contributed by atoms with van der Waals surface area (Å²) in [5, 5.41) is 13.9. The lowest BCUT2D eigenvalue weighted by Gasteiger charge is -2.29. The molecule has 3 unspecified atom stereocenters. The van der Waals surface area contributed by atoms with Crippen molar-refractivity contribution in [2.45, 2.75) is 251 Å². The van der Waals surface area contributed by atoms with Gasteiger partial charge in [-0.15, -0.1) is 0 Å². The zero-order chi connectivity index (χ0) is 52.0. The smallest absolute Gasteiger partial charge is 0.268 e. The lowest BCUT2D eigenvalue weighted by Crippen LogP contribution is -2.45. The Balaban J connectivity index is 4.33. The standard InChI is InChI=1S/C62H111N2O6P/c1-6-8-10-12-14-16-18-20-22-24-26-28-30-32-34-36-38-40-42-44-46-48-50-52-54-56-62(66)63-60(59-70-71(67,68)69-58-57-64(3,4)5)61(65)55-53-51-49-47-45-43-41-39-37-35-33-31-29-27-25-23-21-19-17-15-13-11-9-7-2/h8,10,14,16,20,22,26,28,32,34,38,40,44,46,53,55,60-61,65H,6-7,9,11-13,15,17-19,21,23-25,27,29-31,33,35-37,39,41-43,45,47-52,54,56-59H2,1-5H3,(H-,63,66,67,68)/b10-8-,16-14-,22-20-,28-26-,34-32-,40-38-,46-44-,55-53+. The molecule has 0 fully saturated rings. The number of aliphatic hydroxyl groups is 1. The minimum absolute atomic E-state index is 0.0129. The van der Waals surface area contributed by atoms with Crippen LogP contribution in [0.3, 0.4) is 0 Å². The van der Waals surface area contributed by atoms with E-state index < -0.39 is 26.6 Å². The van der Waals surface area contributed by atoms with Crippen molar-refractivity contribution in [1.82, 2.24) is 5.32 Å². The molecular formula is C62H111N2O6P. The van der Waals surface area contributed by atoms with Crippen molar-refractivity contribution in [3.63, 3.8) is 0 Å². The number of phosphoric acid groups is 1. The molecule has 0 saturated carbocycles. The third-order valence-electron chi connectivity index (χ3n) is 12.5. The van der Waals surface area contributed by atoms with Crippen molar-refractivity contribution in [1.29, 1.82) is 0 Å². The normalized spacial score (nSPS) is 14.6. The van der Waals surface area contributed by atoms with E-state index in [-0.39, 0.29) is 12.5 Å². The van der Waals surface area contributed by atoms with Crippen LogP contribution >= 0.6 is 7.82 Å². The SMILES string of the molecule is CC/C=C\C/C=C\C/C=C\C/C=C\C/C=C\C/C=C\C/C=C\CCCCCC(=O)NC(COP(=O)([O-])OCC[N+](C)(C)C)C(O)/C=C/CCCCCCCCCCCCCCCCCCCCCCCC. The van der Waals surface area contributed by atoms with Gasteiger partial charge in [-0.25, -0.2) is 0 Å². The zero-order valence-corrected chi connectivity index (χ0v) is 47.5. The predicted molar refractivity (Wildman–Crippen MR) is 306 cm³/mol. The number of likely N-dealkylation sites (N-methyl/N-ethyl adjacent to an activating group) is 1. The highest BCUT2D eigenvalue weighted by molar-refractivity contribution is 7.45. The summed E-state index contributed by atoms with van der Waals surface area (Å²) in [4.78, 5) is 25.5. The number of nitrogens with one attached hydrogen (secondary N) is 1. The Morgan fingerprint density at radius 1 is 0.507 bits per heavy atom. The lowest BCUT2D eigenvalue weighted by molar-refractivity contribution is -0.870. The van der Waals surface area contributed by atoms with Gasteiger partial charge in [-0.05, 0) is 77.0 Å². The first kappa shape index (κ1) is 68.4. The first-order valence-corrected chi connectivity index (χ1v) is 30.6. The van der Waals surface area contributed by atoms with E-state index in [0.29, 0.717) is 23.9 Å². The number of quaternary nitrogens is 1. The molecule has 0 aliphatic rings. The first-order chi connectivity index (χ1) is 34.5. The molecule has 71 heavy (non-hydrogen) atoms. The monoisotopic (exact) mass is 1010 g/mol. The van der Waals surface area contributed by atoms with E-state index in [1.54, 1.807) is 6.08 Å². The number of carbonyl (C=O) groups is 1. The predicted octanol–water partition coefficient (Wildman–Crippen LogP) is 17.2. The molecule has 0 spiro atoms. The van der Waals surface area contributed by atoms with E-state index in [9.17, 15) is 19.4 Å². The van der Waals surface area contributed by atoms with Crippen molar-refractivity contribution in [3.05, 3.63) is 97.2 Å². The van der Waals surface area contributed by atoms with Gasteiger partial charge in [0.15, 0.2) is 0 Å². The highest BCUT2D eigenvalue weighted by Gasteiger charge is 2.23. The van der Waals surface area contributed by atoms with Crippen LogP contribution in [0, 0.1) is 0 Å². The van der Waals surface area contributed by atoms with E-state index in [1.165, 1.54) is 128 Å². The topological polar surface area (TPSA) is 108 Å². The molecular weight excluding hydrogens is 900 g/mol. The van der Waals surface area contributed by atoms with Crippen LogP contribution in [-0.2, 0) is 18.4 Å². The Bertz CT molecular complexity index is 1470. The number of aliphatic hydroxyl groups excluding tert-OH is 1. The molecule has 0 rings (SSSR count). The number of phosphoric ester groups is 1. The molecule has 410 valence electrons. The summed E-state index contributed by atoms with van der Waals surface area (Å²) in [6.07, 6.45) is 74.8. The molecule has 1 amide bonds. The van der Waals surface area contributed by atoms with Crippen LogP contribution in [0.4, 0.5) is 0 Å². The van der Waals surface area contributed by atoms with Crippen molar-refractivity contribution < 1.29 is 32.9 Å². The number of allylic oxidation sites excluding steroid dienone is 15. The average molecular weight is 1010 g/mol. The van der Waals surface area contributed by atoms with Crippen LogP contribution in [0.15, 0.2) is 97.2 Å². The second-order valence-electron chi connectivity index (χ2n) is 20.6. The van der Waals surface area contributed by atoms with Gasteiger partial charge in [0.1, 0.15) is 13.2 Å². The first-order valence-electron chi connectivity index (χ1n) is 29.1. The maximum Gasteiger partial charge on any atom is 0.268 e. The van der Waals surface area contributed by atoms with Crippen molar-refractivity contribution >= 4 is 13.7 Å². The minimum Gasteiger partial charge on any atom is -0.756 e. The third kappa shape index (κ3) is 55.0. The second kappa shape index (κ2) is 52.3.